The topological polar surface area (TPSA) is 35.5 Å². The van der Waals surface area contributed by atoms with Crippen LogP contribution in [0.1, 0.15) is 25.5 Å². The van der Waals surface area contributed by atoms with Crippen LogP contribution in [0, 0.1) is 0 Å². The van der Waals surface area contributed by atoms with Gasteiger partial charge in [0.05, 0.1) is 0 Å². The molecule has 6 heteroatoms. The number of ether oxygens (including phenoxy) is 2. The zero-order chi connectivity index (χ0) is 15.2. The molecule has 0 bridgehead atoms. The van der Waals surface area contributed by atoms with Crippen molar-refractivity contribution in [2.75, 3.05) is 0 Å². The fourth-order valence-electron chi connectivity index (χ4n) is 1.51. The largest absolute Gasteiger partial charge is 0.452 e. The average molecular weight is 288 g/mol. The fraction of sp³-hybridized carbons (Fsp3) is 0.357. The lowest BCUT2D eigenvalue weighted by Crippen LogP contribution is -2.36. The molecule has 0 heterocycles. The maximum Gasteiger partial charge on any atom is 0.452 e. The Morgan fingerprint density at radius 3 is 2.30 bits per heavy atom. The second kappa shape index (κ2) is 7.09. The smallest absolute Gasteiger partial charge is 0.426 e. The van der Waals surface area contributed by atoms with E-state index in [2.05, 4.69) is 4.74 Å². The highest BCUT2D eigenvalue weighted by Crippen LogP contribution is 2.30. The van der Waals surface area contributed by atoms with Gasteiger partial charge in [-0.25, -0.2) is 0 Å². The lowest BCUT2D eigenvalue weighted by Gasteiger charge is -2.24. The molecule has 20 heavy (non-hydrogen) atoms. The van der Waals surface area contributed by atoms with Crippen molar-refractivity contribution in [1.29, 1.82) is 0 Å². The van der Waals surface area contributed by atoms with Gasteiger partial charge in [0, 0.05) is 6.92 Å². The van der Waals surface area contributed by atoms with E-state index >= 15 is 0 Å². The van der Waals surface area contributed by atoms with E-state index in [1.165, 1.54) is 6.08 Å². The van der Waals surface area contributed by atoms with Crippen molar-refractivity contribution in [3.05, 3.63) is 48.0 Å². The summed E-state index contributed by atoms with van der Waals surface area (Å²) in [6.45, 7) is 2.56. The Balaban J connectivity index is 2.95. The molecule has 0 aromatic heterocycles. The maximum atomic E-state index is 12.8. The molecule has 0 spiro atoms. The number of alkyl halides is 3. The van der Waals surface area contributed by atoms with Gasteiger partial charge in [-0.05, 0) is 12.5 Å². The molecule has 0 saturated heterocycles. The SMILES string of the molecule is C/C=C\C(OC(OC(C)=O)C(F)(F)F)c1ccccc1. The van der Waals surface area contributed by atoms with E-state index in [1.807, 2.05) is 0 Å². The molecule has 0 fully saturated rings. The standard InChI is InChI=1S/C14H15F3O3/c1-3-7-12(11-8-5-4-6-9-11)20-13(14(15,16)17)19-10(2)18/h3-9,12-13H,1-2H3/b7-3-. The summed E-state index contributed by atoms with van der Waals surface area (Å²) in [5.74, 6) is -1.06. The molecule has 3 nitrogen and oxygen atoms in total. The summed E-state index contributed by atoms with van der Waals surface area (Å²) >= 11 is 0. The number of hydrogen-bond acceptors (Lipinski definition) is 3. The number of halogens is 3. The highest BCUT2D eigenvalue weighted by molar-refractivity contribution is 5.66. The molecule has 110 valence electrons. The number of carbonyl (C=O) groups is 1. The summed E-state index contributed by atoms with van der Waals surface area (Å²) in [4.78, 5) is 10.8. The molecule has 2 atom stereocenters. The molecule has 0 aliphatic heterocycles. The highest BCUT2D eigenvalue weighted by Gasteiger charge is 2.45. The van der Waals surface area contributed by atoms with Gasteiger partial charge in [-0.15, -0.1) is 0 Å². The van der Waals surface area contributed by atoms with Gasteiger partial charge >= 0.3 is 18.4 Å². The van der Waals surface area contributed by atoms with Crippen LogP contribution >= 0.6 is 0 Å². The van der Waals surface area contributed by atoms with Gasteiger partial charge in [0.1, 0.15) is 6.10 Å². The quantitative estimate of drug-likeness (QED) is 0.470. The first-order valence-electron chi connectivity index (χ1n) is 5.91. The summed E-state index contributed by atoms with van der Waals surface area (Å²) in [6, 6.07) is 8.37. The van der Waals surface area contributed by atoms with E-state index in [1.54, 1.807) is 43.3 Å². The monoisotopic (exact) mass is 288 g/mol. The van der Waals surface area contributed by atoms with Gasteiger partial charge in [0.15, 0.2) is 0 Å². The van der Waals surface area contributed by atoms with Crippen LogP contribution in [-0.2, 0) is 14.3 Å². The summed E-state index contributed by atoms with van der Waals surface area (Å²) < 4.78 is 47.4. The Bertz CT molecular complexity index is 454. The van der Waals surface area contributed by atoms with E-state index in [9.17, 15) is 18.0 Å². The van der Waals surface area contributed by atoms with Crippen molar-refractivity contribution >= 4 is 5.97 Å². The number of benzene rings is 1. The molecular formula is C14H15F3O3. The number of allylic oxidation sites excluding steroid dienone is 1. The van der Waals surface area contributed by atoms with Crippen LogP contribution in [0.5, 0.6) is 0 Å². The number of esters is 1. The normalized spacial score (nSPS) is 15.1. The van der Waals surface area contributed by atoms with Crippen molar-refractivity contribution in [2.45, 2.75) is 32.4 Å². The molecule has 1 aromatic rings. The number of rotatable bonds is 5. The van der Waals surface area contributed by atoms with Crippen molar-refractivity contribution in [2.24, 2.45) is 0 Å². The first-order chi connectivity index (χ1) is 9.34. The molecule has 0 saturated carbocycles. The van der Waals surface area contributed by atoms with Gasteiger partial charge in [0.25, 0.3) is 0 Å². The lowest BCUT2D eigenvalue weighted by molar-refractivity contribution is -0.307. The van der Waals surface area contributed by atoms with Crippen LogP contribution < -0.4 is 0 Å². The summed E-state index contributed by atoms with van der Waals surface area (Å²) in [5.41, 5.74) is 0.534. The molecule has 0 aliphatic rings. The van der Waals surface area contributed by atoms with E-state index in [4.69, 9.17) is 4.74 Å². The molecule has 0 aliphatic carbocycles. The molecule has 0 amide bonds. The van der Waals surface area contributed by atoms with Crippen molar-refractivity contribution < 1.29 is 27.4 Å². The van der Waals surface area contributed by atoms with Gasteiger partial charge in [-0.3, -0.25) is 4.79 Å². The molecule has 0 radical (unpaired) electrons. The fourth-order valence-corrected chi connectivity index (χ4v) is 1.51. The van der Waals surface area contributed by atoms with Gasteiger partial charge in [0.2, 0.25) is 0 Å². The maximum absolute atomic E-state index is 12.8. The molecular weight excluding hydrogens is 273 g/mol. The van der Waals surface area contributed by atoms with Crippen LogP contribution in [0.25, 0.3) is 0 Å². The Morgan fingerprint density at radius 1 is 1.25 bits per heavy atom. The van der Waals surface area contributed by atoms with E-state index in [-0.39, 0.29) is 0 Å². The number of hydrogen-bond donors (Lipinski definition) is 0. The van der Waals surface area contributed by atoms with Crippen molar-refractivity contribution in [3.8, 4) is 0 Å². The van der Waals surface area contributed by atoms with Crippen LogP contribution in [0.15, 0.2) is 42.5 Å². The zero-order valence-corrected chi connectivity index (χ0v) is 11.1. The van der Waals surface area contributed by atoms with E-state index in [0.717, 1.165) is 6.92 Å². The molecule has 0 N–H and O–H groups in total. The van der Waals surface area contributed by atoms with Crippen molar-refractivity contribution in [1.82, 2.24) is 0 Å². The van der Waals surface area contributed by atoms with Gasteiger partial charge < -0.3 is 9.47 Å². The zero-order valence-electron chi connectivity index (χ0n) is 11.1. The third-order valence-corrected chi connectivity index (χ3v) is 2.31. The first kappa shape index (κ1) is 16.2. The Kier molecular flexibility index (Phi) is 5.76. The van der Waals surface area contributed by atoms with Gasteiger partial charge in [-0.1, -0.05) is 42.5 Å². The predicted molar refractivity (Wildman–Crippen MR) is 66.7 cm³/mol. The molecule has 1 rings (SSSR count). The van der Waals surface area contributed by atoms with E-state index in [0.29, 0.717) is 5.56 Å². The summed E-state index contributed by atoms with van der Waals surface area (Å²) in [7, 11) is 0. The lowest BCUT2D eigenvalue weighted by atomic mass is 10.1. The average Bonchev–Trinajstić information content (AvgIpc) is 2.36. The van der Waals surface area contributed by atoms with Crippen LogP contribution in [0.2, 0.25) is 0 Å². The Labute approximate surface area is 115 Å². The Morgan fingerprint density at radius 2 is 1.85 bits per heavy atom. The number of carbonyl (C=O) groups excluding carboxylic acids is 1. The first-order valence-corrected chi connectivity index (χ1v) is 5.91. The highest BCUT2D eigenvalue weighted by atomic mass is 19.4. The van der Waals surface area contributed by atoms with Crippen LogP contribution in [0.3, 0.4) is 0 Å². The second-order valence-electron chi connectivity index (χ2n) is 3.98. The second-order valence-corrected chi connectivity index (χ2v) is 3.98. The van der Waals surface area contributed by atoms with Crippen LogP contribution in [0.4, 0.5) is 13.2 Å². The molecule has 1 aromatic carbocycles. The summed E-state index contributed by atoms with van der Waals surface area (Å²) in [6.07, 6.45) is -5.31. The van der Waals surface area contributed by atoms with Gasteiger partial charge in [-0.2, -0.15) is 13.2 Å². The minimum atomic E-state index is -4.79. The minimum absolute atomic E-state index is 0.534. The van der Waals surface area contributed by atoms with Crippen molar-refractivity contribution in [3.63, 3.8) is 0 Å². The minimum Gasteiger partial charge on any atom is -0.426 e. The third kappa shape index (κ3) is 5.05. The van der Waals surface area contributed by atoms with E-state index < -0.39 is 24.5 Å². The predicted octanol–water partition coefficient (Wildman–Crippen LogP) is 3.77. The third-order valence-electron chi connectivity index (χ3n) is 2.31. The van der Waals surface area contributed by atoms with Crippen LogP contribution in [-0.4, -0.2) is 18.4 Å². The summed E-state index contributed by atoms with van der Waals surface area (Å²) in [5, 5.41) is 0. The molecule has 2 unspecified atom stereocenters. The Hall–Kier alpha value is -1.82.